The molecule has 1 fully saturated rings. The second kappa shape index (κ2) is 6.13. The molecule has 3 atom stereocenters. The zero-order chi connectivity index (χ0) is 16.6. The van der Waals surface area contributed by atoms with Crippen LogP contribution in [0.5, 0.6) is 0 Å². The van der Waals surface area contributed by atoms with Crippen LogP contribution in [0.15, 0.2) is 24.3 Å². The van der Waals surface area contributed by atoms with Crippen LogP contribution in [-0.2, 0) is 11.2 Å². The number of amides is 1. The third kappa shape index (κ3) is 3.67. The number of carbonyl (C=O) groups excluding carboxylic acids is 1. The van der Waals surface area contributed by atoms with Gasteiger partial charge in [0.25, 0.3) is 0 Å². The Labute approximate surface area is 137 Å². The highest BCUT2D eigenvalue weighted by atomic mass is 16.6. The number of aliphatic hydroxyl groups is 1. The molecule has 1 aromatic carbocycles. The molecule has 2 N–H and O–H groups in total. The molecule has 0 spiro atoms. The summed E-state index contributed by atoms with van der Waals surface area (Å²) in [6, 6.07) is 8.30. The lowest BCUT2D eigenvalue weighted by Gasteiger charge is -2.25. The van der Waals surface area contributed by atoms with Crippen LogP contribution in [0.1, 0.15) is 44.4 Å². The van der Waals surface area contributed by atoms with E-state index in [2.05, 4.69) is 17.4 Å². The van der Waals surface area contributed by atoms with Crippen LogP contribution in [-0.4, -0.2) is 46.9 Å². The molecular weight excluding hydrogens is 292 g/mol. The zero-order valence-electron chi connectivity index (χ0n) is 14.1. The molecule has 1 amide bonds. The van der Waals surface area contributed by atoms with Gasteiger partial charge in [0.2, 0.25) is 0 Å². The Hall–Kier alpha value is -1.59. The van der Waals surface area contributed by atoms with Crippen LogP contribution < -0.4 is 5.32 Å². The SMILES string of the molecule is CC(C)(C)OC(=O)N1CCC(N[C@@H]2c3ccccc3C[C@@H]2O)C1. The first-order chi connectivity index (χ1) is 10.8. The Morgan fingerprint density at radius 1 is 1.35 bits per heavy atom. The first kappa shape index (κ1) is 16.3. The predicted molar refractivity (Wildman–Crippen MR) is 88.2 cm³/mol. The molecule has 1 aromatic rings. The Bertz CT molecular complexity index is 582. The Kier molecular flexibility index (Phi) is 4.34. The molecule has 1 unspecified atom stereocenters. The average Bonchev–Trinajstić information content (AvgIpc) is 3.03. The molecule has 1 heterocycles. The fourth-order valence-electron chi connectivity index (χ4n) is 3.42. The maximum atomic E-state index is 12.1. The molecule has 0 radical (unpaired) electrons. The maximum Gasteiger partial charge on any atom is 0.410 e. The summed E-state index contributed by atoms with van der Waals surface area (Å²) in [4.78, 5) is 13.9. The summed E-state index contributed by atoms with van der Waals surface area (Å²) in [5.41, 5.74) is 1.92. The molecule has 1 aliphatic heterocycles. The van der Waals surface area contributed by atoms with Crippen molar-refractivity contribution in [2.45, 2.75) is 57.4 Å². The molecule has 2 aliphatic rings. The van der Waals surface area contributed by atoms with Crippen molar-refractivity contribution in [2.75, 3.05) is 13.1 Å². The van der Waals surface area contributed by atoms with Gasteiger partial charge in [0, 0.05) is 25.6 Å². The van der Waals surface area contributed by atoms with Gasteiger partial charge in [-0.3, -0.25) is 0 Å². The lowest BCUT2D eigenvalue weighted by atomic mass is 10.1. The van der Waals surface area contributed by atoms with E-state index in [0.717, 1.165) is 6.42 Å². The van der Waals surface area contributed by atoms with Gasteiger partial charge in [0.05, 0.1) is 12.1 Å². The Balaban J connectivity index is 1.59. The summed E-state index contributed by atoms with van der Waals surface area (Å²) in [7, 11) is 0. The number of rotatable bonds is 2. The second-order valence-electron chi connectivity index (χ2n) is 7.53. The third-order valence-corrected chi connectivity index (χ3v) is 4.46. The summed E-state index contributed by atoms with van der Waals surface area (Å²) in [6.45, 7) is 6.95. The minimum Gasteiger partial charge on any atom is -0.444 e. The summed E-state index contributed by atoms with van der Waals surface area (Å²) in [5.74, 6) is 0. The van der Waals surface area contributed by atoms with Crippen LogP contribution in [0.4, 0.5) is 4.79 Å². The van der Waals surface area contributed by atoms with Gasteiger partial charge in [0.15, 0.2) is 0 Å². The van der Waals surface area contributed by atoms with Gasteiger partial charge in [-0.2, -0.15) is 0 Å². The topological polar surface area (TPSA) is 61.8 Å². The van der Waals surface area contributed by atoms with E-state index >= 15 is 0 Å². The van der Waals surface area contributed by atoms with Crippen molar-refractivity contribution in [3.63, 3.8) is 0 Å². The van der Waals surface area contributed by atoms with Crippen molar-refractivity contribution in [1.82, 2.24) is 10.2 Å². The highest BCUT2D eigenvalue weighted by molar-refractivity contribution is 5.68. The molecule has 5 heteroatoms. The normalized spacial score (nSPS) is 27.1. The van der Waals surface area contributed by atoms with Gasteiger partial charge in [0.1, 0.15) is 5.60 Å². The first-order valence-corrected chi connectivity index (χ1v) is 8.33. The molecule has 0 aromatic heterocycles. The van der Waals surface area contributed by atoms with E-state index in [1.54, 1.807) is 4.90 Å². The third-order valence-electron chi connectivity index (χ3n) is 4.46. The molecule has 0 bridgehead atoms. The van der Waals surface area contributed by atoms with Gasteiger partial charge in [-0.1, -0.05) is 24.3 Å². The van der Waals surface area contributed by atoms with E-state index in [0.29, 0.717) is 19.5 Å². The number of fused-ring (bicyclic) bond motifs is 1. The monoisotopic (exact) mass is 318 g/mol. The highest BCUT2D eigenvalue weighted by Crippen LogP contribution is 2.32. The van der Waals surface area contributed by atoms with E-state index in [1.807, 2.05) is 32.9 Å². The Morgan fingerprint density at radius 3 is 2.83 bits per heavy atom. The van der Waals surface area contributed by atoms with Gasteiger partial charge in [-0.05, 0) is 38.3 Å². The lowest BCUT2D eigenvalue weighted by Crippen LogP contribution is -2.41. The number of carbonyl (C=O) groups is 1. The van der Waals surface area contributed by atoms with Crippen molar-refractivity contribution in [1.29, 1.82) is 0 Å². The number of ether oxygens (including phenoxy) is 1. The van der Waals surface area contributed by atoms with Gasteiger partial charge >= 0.3 is 6.09 Å². The van der Waals surface area contributed by atoms with Crippen LogP contribution in [0.25, 0.3) is 0 Å². The molecule has 1 aliphatic carbocycles. The molecule has 126 valence electrons. The maximum absolute atomic E-state index is 12.1. The van der Waals surface area contributed by atoms with E-state index in [4.69, 9.17) is 4.74 Å². The van der Waals surface area contributed by atoms with E-state index in [-0.39, 0.29) is 18.2 Å². The van der Waals surface area contributed by atoms with Crippen LogP contribution in [0, 0.1) is 0 Å². The predicted octanol–water partition coefficient (Wildman–Crippen LogP) is 2.24. The van der Waals surface area contributed by atoms with Gasteiger partial charge in [-0.15, -0.1) is 0 Å². The summed E-state index contributed by atoms with van der Waals surface area (Å²) >= 11 is 0. The molecule has 23 heavy (non-hydrogen) atoms. The lowest BCUT2D eigenvalue weighted by molar-refractivity contribution is 0.0289. The standard InChI is InChI=1S/C18H26N2O3/c1-18(2,3)23-17(22)20-9-8-13(11-20)19-16-14-7-5-4-6-12(14)10-15(16)21/h4-7,13,15-16,19,21H,8-11H2,1-3H3/t13?,15-,16+/m0/s1. The van der Waals surface area contributed by atoms with Crippen molar-refractivity contribution >= 4 is 6.09 Å². The van der Waals surface area contributed by atoms with Crippen molar-refractivity contribution in [3.8, 4) is 0 Å². The summed E-state index contributed by atoms with van der Waals surface area (Å²) < 4.78 is 5.43. The number of hydrogen-bond acceptors (Lipinski definition) is 4. The minimum atomic E-state index is -0.469. The molecule has 5 nitrogen and oxygen atoms in total. The molecule has 1 saturated heterocycles. The van der Waals surface area contributed by atoms with E-state index in [9.17, 15) is 9.90 Å². The number of nitrogens with zero attached hydrogens (tertiary/aromatic N) is 1. The highest BCUT2D eigenvalue weighted by Gasteiger charge is 2.35. The van der Waals surface area contributed by atoms with Crippen molar-refractivity contribution in [2.24, 2.45) is 0 Å². The fraction of sp³-hybridized carbons (Fsp3) is 0.611. The fourth-order valence-corrected chi connectivity index (χ4v) is 3.42. The summed E-state index contributed by atoms with van der Waals surface area (Å²) in [5, 5.41) is 13.9. The number of benzene rings is 1. The quantitative estimate of drug-likeness (QED) is 0.878. The minimum absolute atomic E-state index is 0.0465. The smallest absolute Gasteiger partial charge is 0.410 e. The second-order valence-corrected chi connectivity index (χ2v) is 7.53. The molecule has 0 saturated carbocycles. The van der Waals surface area contributed by atoms with Gasteiger partial charge < -0.3 is 20.1 Å². The van der Waals surface area contributed by atoms with E-state index < -0.39 is 11.7 Å². The first-order valence-electron chi connectivity index (χ1n) is 8.33. The van der Waals surface area contributed by atoms with Crippen molar-refractivity contribution < 1.29 is 14.6 Å². The van der Waals surface area contributed by atoms with E-state index in [1.165, 1.54) is 11.1 Å². The van der Waals surface area contributed by atoms with Crippen LogP contribution in [0.3, 0.4) is 0 Å². The number of aliphatic hydroxyl groups excluding tert-OH is 1. The zero-order valence-corrected chi connectivity index (χ0v) is 14.1. The van der Waals surface area contributed by atoms with Crippen LogP contribution >= 0.6 is 0 Å². The number of likely N-dealkylation sites (tertiary alicyclic amines) is 1. The Morgan fingerprint density at radius 2 is 2.09 bits per heavy atom. The number of nitrogens with one attached hydrogen (secondary N) is 1. The molecular formula is C18H26N2O3. The largest absolute Gasteiger partial charge is 0.444 e. The van der Waals surface area contributed by atoms with Crippen molar-refractivity contribution in [3.05, 3.63) is 35.4 Å². The summed E-state index contributed by atoms with van der Waals surface area (Å²) in [6.07, 6.45) is 0.915. The number of hydrogen-bond donors (Lipinski definition) is 2. The van der Waals surface area contributed by atoms with Crippen LogP contribution in [0.2, 0.25) is 0 Å². The molecule has 3 rings (SSSR count). The van der Waals surface area contributed by atoms with Gasteiger partial charge in [-0.25, -0.2) is 4.79 Å². The average molecular weight is 318 g/mol.